The van der Waals surface area contributed by atoms with Gasteiger partial charge in [-0.15, -0.1) is 0 Å². The Bertz CT molecular complexity index is 1070. The maximum atomic E-state index is 13.4. The fourth-order valence-corrected chi connectivity index (χ4v) is 5.14. The van der Waals surface area contributed by atoms with Crippen molar-refractivity contribution < 1.29 is 0 Å². The van der Waals surface area contributed by atoms with E-state index in [4.69, 9.17) is 9.97 Å². The molecule has 1 N–H and O–H groups in total. The molecule has 1 aromatic carbocycles. The summed E-state index contributed by atoms with van der Waals surface area (Å²) in [4.78, 5) is 23.3. The van der Waals surface area contributed by atoms with E-state index in [9.17, 15) is 4.79 Å². The molecule has 0 aromatic heterocycles. The fourth-order valence-electron chi connectivity index (χ4n) is 5.14. The van der Waals surface area contributed by atoms with Crippen LogP contribution in [0.25, 0.3) is 11.5 Å². The first-order valence-electron chi connectivity index (χ1n) is 11.3. The Labute approximate surface area is 177 Å². The second-order valence-corrected chi connectivity index (χ2v) is 9.41. The highest BCUT2D eigenvalue weighted by Crippen LogP contribution is 2.40. The summed E-state index contributed by atoms with van der Waals surface area (Å²) in [7, 11) is 0. The average molecular weight is 406 g/mol. The monoisotopic (exact) mass is 405 g/mol. The Hall–Kier alpha value is -2.63. The number of nitrogens with one attached hydrogen (secondary N) is 1. The molecule has 3 heterocycles. The Morgan fingerprint density at radius 3 is 2.57 bits per heavy atom. The highest BCUT2D eigenvalue weighted by atomic mass is 16.1. The van der Waals surface area contributed by atoms with Crippen molar-refractivity contribution in [1.82, 2.24) is 19.1 Å². The standard InChI is InChI=1S/C24H31N5O/c1-4-14-28-22-19(26-20(27-22)16-10-8-9-11-16)21-25-18(15-29(21)23(28)30)24(2,3)17-12-6-5-7-13-17/h5-7,12-13,16,18,25H,4,8-11,14-15H2,1-3H3. The number of hydrogen-bond donors (Lipinski definition) is 1. The first-order valence-corrected chi connectivity index (χ1v) is 11.3. The van der Waals surface area contributed by atoms with Crippen LogP contribution in [0.2, 0.25) is 0 Å². The smallest absolute Gasteiger partial charge is 0.331 e. The minimum Gasteiger partial charge on any atom is -0.364 e. The van der Waals surface area contributed by atoms with Crippen molar-refractivity contribution in [3.63, 3.8) is 0 Å². The van der Waals surface area contributed by atoms with E-state index in [-0.39, 0.29) is 17.1 Å². The minimum atomic E-state index is -0.129. The maximum absolute atomic E-state index is 13.4. The Balaban J connectivity index is 1.60. The van der Waals surface area contributed by atoms with Crippen molar-refractivity contribution in [2.75, 3.05) is 5.32 Å². The van der Waals surface area contributed by atoms with Crippen molar-refractivity contribution >= 4 is 5.82 Å². The van der Waals surface area contributed by atoms with Crippen molar-refractivity contribution in [2.45, 2.75) is 83.3 Å². The SMILES string of the molecule is CCCn1c2nc(C3CCCC3)nc-2c2n(c1=O)CC(C(C)(C)c1ccccc1)N2. The van der Waals surface area contributed by atoms with Crippen molar-refractivity contribution in [3.8, 4) is 11.5 Å². The molecule has 1 saturated carbocycles. The largest absolute Gasteiger partial charge is 0.364 e. The van der Waals surface area contributed by atoms with Gasteiger partial charge in [-0.2, -0.15) is 0 Å². The van der Waals surface area contributed by atoms with E-state index >= 15 is 0 Å². The van der Waals surface area contributed by atoms with Crippen LogP contribution in [0.15, 0.2) is 35.1 Å². The summed E-state index contributed by atoms with van der Waals surface area (Å²) in [5.74, 6) is 2.95. The molecule has 0 amide bonds. The lowest BCUT2D eigenvalue weighted by Crippen LogP contribution is -2.39. The predicted molar refractivity (Wildman–Crippen MR) is 119 cm³/mol. The highest BCUT2D eigenvalue weighted by molar-refractivity contribution is 5.70. The van der Waals surface area contributed by atoms with Gasteiger partial charge >= 0.3 is 5.69 Å². The Morgan fingerprint density at radius 1 is 1.13 bits per heavy atom. The lowest BCUT2D eigenvalue weighted by Gasteiger charge is -2.32. The number of benzene rings is 1. The van der Waals surface area contributed by atoms with E-state index in [0.29, 0.717) is 19.0 Å². The molecule has 0 saturated heterocycles. The van der Waals surface area contributed by atoms with Crippen LogP contribution in [0.3, 0.4) is 0 Å². The summed E-state index contributed by atoms with van der Waals surface area (Å²) in [5, 5.41) is 3.68. The molecule has 6 heteroatoms. The van der Waals surface area contributed by atoms with Crippen molar-refractivity contribution in [1.29, 1.82) is 0 Å². The molecule has 4 aliphatic rings. The average Bonchev–Trinajstić information content (AvgIpc) is 3.50. The van der Waals surface area contributed by atoms with Gasteiger partial charge in [0.1, 0.15) is 17.3 Å². The quantitative estimate of drug-likeness (QED) is 0.684. The summed E-state index contributed by atoms with van der Waals surface area (Å²) in [6.45, 7) is 7.90. The number of anilines is 1. The molecule has 1 fully saturated rings. The number of aromatic nitrogens is 4. The van der Waals surface area contributed by atoms with E-state index < -0.39 is 0 Å². The summed E-state index contributed by atoms with van der Waals surface area (Å²) in [6.07, 6.45) is 5.69. The van der Waals surface area contributed by atoms with Gasteiger partial charge in [0.05, 0.1) is 12.6 Å². The van der Waals surface area contributed by atoms with Crippen LogP contribution in [0.5, 0.6) is 0 Å². The van der Waals surface area contributed by atoms with Crippen LogP contribution in [-0.4, -0.2) is 25.1 Å². The van der Waals surface area contributed by atoms with Gasteiger partial charge in [-0.05, 0) is 24.8 Å². The van der Waals surface area contributed by atoms with E-state index in [1.54, 1.807) is 0 Å². The van der Waals surface area contributed by atoms with Crippen molar-refractivity contribution in [3.05, 3.63) is 52.2 Å². The van der Waals surface area contributed by atoms with Gasteiger partial charge in [-0.3, -0.25) is 9.13 Å². The van der Waals surface area contributed by atoms with Gasteiger partial charge in [0.15, 0.2) is 5.82 Å². The Kier molecular flexibility index (Phi) is 4.68. The number of hydrogen-bond acceptors (Lipinski definition) is 4. The maximum Gasteiger partial charge on any atom is 0.331 e. The van der Waals surface area contributed by atoms with Gasteiger partial charge in [0.2, 0.25) is 0 Å². The summed E-state index contributed by atoms with van der Waals surface area (Å²) in [5.41, 5.74) is 2.02. The topological polar surface area (TPSA) is 64.7 Å². The molecule has 0 radical (unpaired) electrons. The third-order valence-corrected chi connectivity index (χ3v) is 7.10. The predicted octanol–water partition coefficient (Wildman–Crippen LogP) is 4.38. The zero-order valence-electron chi connectivity index (χ0n) is 18.2. The normalized spacial score (nSPS) is 19.4. The van der Waals surface area contributed by atoms with Gasteiger partial charge in [0, 0.05) is 17.9 Å². The molecule has 6 nitrogen and oxygen atoms in total. The molecule has 158 valence electrons. The first-order chi connectivity index (χ1) is 14.5. The summed E-state index contributed by atoms with van der Waals surface area (Å²) >= 11 is 0. The zero-order valence-corrected chi connectivity index (χ0v) is 18.2. The summed E-state index contributed by atoms with van der Waals surface area (Å²) in [6, 6.07) is 10.6. The minimum absolute atomic E-state index is 0.0242. The van der Waals surface area contributed by atoms with Crippen LogP contribution in [-0.2, 0) is 18.5 Å². The molecular formula is C24H31N5O. The first kappa shape index (κ1) is 19.3. The number of nitrogens with zero attached hydrogens (tertiary/aromatic N) is 4. The van der Waals surface area contributed by atoms with E-state index in [1.807, 2.05) is 15.2 Å². The zero-order chi connectivity index (χ0) is 20.9. The van der Waals surface area contributed by atoms with E-state index in [0.717, 1.165) is 42.4 Å². The second kappa shape index (κ2) is 7.25. The Morgan fingerprint density at radius 2 is 1.87 bits per heavy atom. The highest BCUT2D eigenvalue weighted by Gasteiger charge is 2.40. The molecule has 3 aliphatic heterocycles. The molecule has 0 spiro atoms. The lowest BCUT2D eigenvalue weighted by molar-refractivity contribution is 0.410. The molecule has 1 aromatic rings. The van der Waals surface area contributed by atoms with Gasteiger partial charge in [-0.1, -0.05) is 63.9 Å². The molecule has 1 unspecified atom stereocenters. The molecule has 0 bridgehead atoms. The van der Waals surface area contributed by atoms with E-state index in [2.05, 4.69) is 50.4 Å². The van der Waals surface area contributed by atoms with Crippen LogP contribution in [0, 0.1) is 0 Å². The molecule has 1 aliphatic carbocycles. The van der Waals surface area contributed by atoms with Crippen LogP contribution in [0.4, 0.5) is 5.82 Å². The summed E-state index contributed by atoms with van der Waals surface area (Å²) < 4.78 is 3.73. The van der Waals surface area contributed by atoms with Crippen LogP contribution in [0.1, 0.15) is 70.2 Å². The fraction of sp³-hybridized carbons (Fsp3) is 0.542. The third kappa shape index (κ3) is 2.96. The molecule has 5 rings (SSSR count). The number of rotatable bonds is 5. The number of fused-ring (bicyclic) bond motifs is 3. The third-order valence-electron chi connectivity index (χ3n) is 7.10. The molecule has 1 atom stereocenters. The van der Waals surface area contributed by atoms with Crippen LogP contribution < -0.4 is 11.0 Å². The lowest BCUT2D eigenvalue weighted by atomic mass is 9.78. The molecule has 30 heavy (non-hydrogen) atoms. The van der Waals surface area contributed by atoms with Crippen LogP contribution >= 0.6 is 0 Å². The van der Waals surface area contributed by atoms with Gasteiger partial charge in [-0.25, -0.2) is 14.8 Å². The second-order valence-electron chi connectivity index (χ2n) is 9.41. The van der Waals surface area contributed by atoms with Gasteiger partial charge < -0.3 is 5.32 Å². The van der Waals surface area contributed by atoms with E-state index in [1.165, 1.54) is 18.4 Å². The van der Waals surface area contributed by atoms with Crippen molar-refractivity contribution in [2.24, 2.45) is 0 Å². The number of imidazole rings is 1. The van der Waals surface area contributed by atoms with Gasteiger partial charge in [0.25, 0.3) is 0 Å². The molecular weight excluding hydrogens is 374 g/mol.